The zero-order valence-corrected chi connectivity index (χ0v) is 18.1. The summed E-state index contributed by atoms with van der Waals surface area (Å²) in [5.74, 6) is 1.89. The standard InChI is InChI=1S/C20H37N3O.2ClH/c1-17-5-2-3-13-22(17)15-19-6-4-14-23(16-19)20(24)8-7-18-9-11-21-12-10-18;;/h17-19,21H,2-16H2,1H3;2*1H. The molecule has 6 heteroatoms. The number of hydrogen-bond donors (Lipinski definition) is 1. The minimum Gasteiger partial charge on any atom is -0.342 e. The third kappa shape index (κ3) is 7.18. The van der Waals surface area contributed by atoms with Crippen LogP contribution in [-0.2, 0) is 4.79 Å². The van der Waals surface area contributed by atoms with Gasteiger partial charge in [-0.3, -0.25) is 4.79 Å². The van der Waals surface area contributed by atoms with E-state index in [1.165, 1.54) is 58.0 Å². The predicted molar refractivity (Wildman–Crippen MR) is 114 cm³/mol. The molecule has 0 aliphatic carbocycles. The molecule has 0 aromatic carbocycles. The lowest BCUT2D eigenvalue weighted by Crippen LogP contribution is -2.46. The van der Waals surface area contributed by atoms with E-state index in [0.29, 0.717) is 11.8 Å². The number of amides is 1. The average Bonchev–Trinajstić information content (AvgIpc) is 2.63. The first kappa shape index (κ1) is 24.0. The van der Waals surface area contributed by atoms with Crippen LogP contribution in [-0.4, -0.2) is 61.0 Å². The summed E-state index contributed by atoms with van der Waals surface area (Å²) in [6.07, 6.45) is 11.0. The molecule has 0 aromatic rings. The highest BCUT2D eigenvalue weighted by atomic mass is 35.5. The summed E-state index contributed by atoms with van der Waals surface area (Å²) in [6.45, 7) is 9.13. The second kappa shape index (κ2) is 12.4. The summed E-state index contributed by atoms with van der Waals surface area (Å²) in [7, 11) is 0. The SMILES string of the molecule is CC1CCCCN1CC1CCCN(C(=O)CCC2CCNCC2)C1.Cl.Cl. The maximum atomic E-state index is 12.6. The van der Waals surface area contributed by atoms with Gasteiger partial charge >= 0.3 is 0 Å². The van der Waals surface area contributed by atoms with E-state index in [9.17, 15) is 4.79 Å². The van der Waals surface area contributed by atoms with E-state index in [1.807, 2.05) is 0 Å². The van der Waals surface area contributed by atoms with E-state index in [4.69, 9.17) is 0 Å². The highest BCUT2D eigenvalue weighted by Crippen LogP contribution is 2.24. The lowest BCUT2D eigenvalue weighted by Gasteiger charge is -2.39. The van der Waals surface area contributed by atoms with Gasteiger partial charge < -0.3 is 15.1 Å². The largest absolute Gasteiger partial charge is 0.342 e. The first-order chi connectivity index (χ1) is 11.7. The number of carbonyl (C=O) groups excluding carboxylic acids is 1. The van der Waals surface area contributed by atoms with Crippen LogP contribution in [0.5, 0.6) is 0 Å². The van der Waals surface area contributed by atoms with Gasteiger partial charge in [0.15, 0.2) is 0 Å². The molecule has 0 radical (unpaired) electrons. The van der Waals surface area contributed by atoms with Gasteiger partial charge in [-0.1, -0.05) is 6.42 Å². The van der Waals surface area contributed by atoms with Crippen molar-refractivity contribution in [2.24, 2.45) is 11.8 Å². The van der Waals surface area contributed by atoms with Crippen LogP contribution in [0.3, 0.4) is 0 Å². The number of carbonyl (C=O) groups is 1. The molecule has 3 saturated heterocycles. The Morgan fingerprint density at radius 2 is 1.73 bits per heavy atom. The van der Waals surface area contributed by atoms with E-state index in [0.717, 1.165) is 51.0 Å². The van der Waals surface area contributed by atoms with Crippen molar-refractivity contribution in [2.45, 2.75) is 70.8 Å². The van der Waals surface area contributed by atoms with Crippen molar-refractivity contribution in [3.05, 3.63) is 0 Å². The Labute approximate surface area is 172 Å². The zero-order chi connectivity index (χ0) is 16.8. The topological polar surface area (TPSA) is 35.6 Å². The fourth-order valence-corrected chi connectivity index (χ4v) is 4.86. The molecule has 4 nitrogen and oxygen atoms in total. The van der Waals surface area contributed by atoms with Gasteiger partial charge in [0.05, 0.1) is 0 Å². The molecule has 26 heavy (non-hydrogen) atoms. The molecule has 3 heterocycles. The van der Waals surface area contributed by atoms with Crippen LogP contribution in [0.4, 0.5) is 0 Å². The smallest absolute Gasteiger partial charge is 0.222 e. The first-order valence-corrected chi connectivity index (χ1v) is 10.4. The fraction of sp³-hybridized carbons (Fsp3) is 0.950. The van der Waals surface area contributed by atoms with Crippen molar-refractivity contribution in [3.63, 3.8) is 0 Å². The molecule has 3 fully saturated rings. The van der Waals surface area contributed by atoms with Crippen molar-refractivity contribution in [1.82, 2.24) is 15.1 Å². The predicted octanol–water partition coefficient (Wildman–Crippen LogP) is 3.72. The van der Waals surface area contributed by atoms with E-state index in [2.05, 4.69) is 22.0 Å². The number of nitrogens with one attached hydrogen (secondary N) is 1. The lowest BCUT2D eigenvalue weighted by atomic mass is 9.92. The Hall–Kier alpha value is -0.0300. The van der Waals surface area contributed by atoms with Crippen molar-refractivity contribution >= 4 is 30.7 Å². The molecular formula is C20H39Cl2N3O. The molecule has 0 bridgehead atoms. The van der Waals surface area contributed by atoms with Gasteiger partial charge in [-0.05, 0) is 83.3 Å². The molecule has 2 unspecified atom stereocenters. The second-order valence-corrected chi connectivity index (χ2v) is 8.42. The van der Waals surface area contributed by atoms with Crippen molar-refractivity contribution in [2.75, 3.05) is 39.3 Å². The van der Waals surface area contributed by atoms with Crippen LogP contribution in [0.25, 0.3) is 0 Å². The molecule has 0 saturated carbocycles. The molecule has 3 rings (SSSR count). The molecule has 1 N–H and O–H groups in total. The van der Waals surface area contributed by atoms with Crippen LogP contribution in [0, 0.1) is 11.8 Å². The number of halogens is 2. The van der Waals surface area contributed by atoms with Gasteiger partial charge in [0.2, 0.25) is 5.91 Å². The quantitative estimate of drug-likeness (QED) is 0.753. The van der Waals surface area contributed by atoms with Gasteiger partial charge in [0.25, 0.3) is 0 Å². The van der Waals surface area contributed by atoms with Crippen LogP contribution in [0.2, 0.25) is 0 Å². The summed E-state index contributed by atoms with van der Waals surface area (Å²) in [4.78, 5) is 17.5. The van der Waals surface area contributed by atoms with Crippen LogP contribution < -0.4 is 5.32 Å². The minimum absolute atomic E-state index is 0. The third-order valence-electron chi connectivity index (χ3n) is 6.53. The van der Waals surface area contributed by atoms with Crippen LogP contribution in [0.1, 0.15) is 64.7 Å². The maximum Gasteiger partial charge on any atom is 0.222 e. The fourth-order valence-electron chi connectivity index (χ4n) is 4.86. The van der Waals surface area contributed by atoms with Crippen LogP contribution >= 0.6 is 24.8 Å². The number of piperidine rings is 3. The molecule has 0 aromatic heterocycles. The summed E-state index contributed by atoms with van der Waals surface area (Å²) >= 11 is 0. The Bertz CT molecular complexity index is 405. The van der Waals surface area contributed by atoms with Crippen molar-refractivity contribution in [3.8, 4) is 0 Å². The van der Waals surface area contributed by atoms with Gasteiger partial charge in [-0.2, -0.15) is 0 Å². The van der Waals surface area contributed by atoms with Gasteiger partial charge in [-0.25, -0.2) is 0 Å². The van der Waals surface area contributed by atoms with Crippen molar-refractivity contribution in [1.29, 1.82) is 0 Å². The molecule has 154 valence electrons. The zero-order valence-electron chi connectivity index (χ0n) is 16.5. The maximum absolute atomic E-state index is 12.6. The number of hydrogen-bond acceptors (Lipinski definition) is 3. The molecule has 3 aliphatic heterocycles. The monoisotopic (exact) mass is 407 g/mol. The molecule has 3 aliphatic rings. The minimum atomic E-state index is 0. The summed E-state index contributed by atoms with van der Waals surface area (Å²) in [6, 6.07) is 0.740. The summed E-state index contributed by atoms with van der Waals surface area (Å²) in [5, 5.41) is 3.41. The number of likely N-dealkylation sites (tertiary alicyclic amines) is 2. The Morgan fingerprint density at radius 1 is 0.962 bits per heavy atom. The Morgan fingerprint density at radius 3 is 2.46 bits per heavy atom. The van der Waals surface area contributed by atoms with E-state index < -0.39 is 0 Å². The molecular weight excluding hydrogens is 369 g/mol. The van der Waals surface area contributed by atoms with Gasteiger partial charge in [0.1, 0.15) is 0 Å². The average molecular weight is 408 g/mol. The third-order valence-corrected chi connectivity index (χ3v) is 6.53. The normalized spacial score (nSPS) is 28.1. The number of rotatable bonds is 5. The molecule has 0 spiro atoms. The van der Waals surface area contributed by atoms with Crippen molar-refractivity contribution < 1.29 is 4.79 Å². The van der Waals surface area contributed by atoms with Gasteiger partial charge in [-0.15, -0.1) is 24.8 Å². The number of nitrogens with zero attached hydrogens (tertiary/aromatic N) is 2. The van der Waals surface area contributed by atoms with E-state index in [1.54, 1.807) is 0 Å². The lowest BCUT2D eigenvalue weighted by molar-refractivity contribution is -0.133. The van der Waals surface area contributed by atoms with Gasteiger partial charge in [0, 0.05) is 32.1 Å². The molecule has 2 atom stereocenters. The van der Waals surface area contributed by atoms with Crippen LogP contribution in [0.15, 0.2) is 0 Å². The highest BCUT2D eigenvalue weighted by molar-refractivity contribution is 5.85. The molecule has 1 amide bonds. The Balaban J connectivity index is 0.00000169. The summed E-state index contributed by atoms with van der Waals surface area (Å²) in [5.41, 5.74) is 0. The van der Waals surface area contributed by atoms with E-state index >= 15 is 0 Å². The Kier molecular flexibility index (Phi) is 11.5. The summed E-state index contributed by atoms with van der Waals surface area (Å²) < 4.78 is 0. The highest BCUT2D eigenvalue weighted by Gasteiger charge is 2.27. The van der Waals surface area contributed by atoms with E-state index in [-0.39, 0.29) is 24.8 Å². The second-order valence-electron chi connectivity index (χ2n) is 8.42. The first-order valence-electron chi connectivity index (χ1n) is 10.4.